The third-order valence-corrected chi connectivity index (χ3v) is 2.55. The Morgan fingerprint density at radius 1 is 1.67 bits per heavy atom. The summed E-state index contributed by atoms with van der Waals surface area (Å²) >= 11 is 8.67. The second kappa shape index (κ2) is 4.85. The quantitative estimate of drug-likeness (QED) is 0.872. The normalized spacial score (nSPS) is 10.7. The second-order valence-electron chi connectivity index (χ2n) is 2.60. The van der Waals surface area contributed by atoms with E-state index < -0.39 is 23.8 Å². The van der Waals surface area contributed by atoms with Crippen molar-refractivity contribution in [1.82, 2.24) is 4.98 Å². The van der Waals surface area contributed by atoms with Crippen molar-refractivity contribution in [3.8, 4) is 0 Å². The van der Waals surface area contributed by atoms with Crippen molar-refractivity contribution in [2.24, 2.45) is 0 Å². The highest BCUT2D eigenvalue weighted by Gasteiger charge is 2.19. The van der Waals surface area contributed by atoms with Gasteiger partial charge in [0.15, 0.2) is 5.69 Å². The summed E-state index contributed by atoms with van der Waals surface area (Å²) < 4.78 is 24.6. The van der Waals surface area contributed by atoms with E-state index in [0.29, 0.717) is 0 Å². The molecule has 1 aromatic heterocycles. The number of aromatic nitrogens is 1. The van der Waals surface area contributed by atoms with Crippen LogP contribution >= 0.6 is 27.5 Å². The van der Waals surface area contributed by atoms with Gasteiger partial charge in [0.1, 0.15) is 5.69 Å². The van der Waals surface area contributed by atoms with E-state index in [1.54, 1.807) is 0 Å². The summed E-state index contributed by atoms with van der Waals surface area (Å²) in [6.07, 6.45) is -2.84. The highest BCUT2D eigenvalue weighted by molar-refractivity contribution is 9.08. The number of alkyl halides is 3. The molecule has 0 aromatic carbocycles. The predicted octanol–water partition coefficient (Wildman–Crippen LogP) is 3.27. The second-order valence-corrected chi connectivity index (χ2v) is 3.56. The minimum atomic E-state index is -2.84. The Morgan fingerprint density at radius 2 is 2.27 bits per heavy atom. The maximum Gasteiger partial charge on any atom is 0.354 e. The molecule has 0 aliphatic heterocycles. The number of pyridine rings is 1. The van der Waals surface area contributed by atoms with Gasteiger partial charge in [0.25, 0.3) is 6.43 Å². The highest BCUT2D eigenvalue weighted by atomic mass is 79.9. The number of aromatic carboxylic acids is 1. The van der Waals surface area contributed by atoms with E-state index in [2.05, 4.69) is 20.9 Å². The molecule has 1 N–H and O–H groups in total. The van der Waals surface area contributed by atoms with Crippen LogP contribution in [0.15, 0.2) is 6.07 Å². The van der Waals surface area contributed by atoms with Gasteiger partial charge in [0, 0.05) is 15.9 Å². The molecule has 15 heavy (non-hydrogen) atoms. The van der Waals surface area contributed by atoms with Crippen molar-refractivity contribution in [2.75, 3.05) is 0 Å². The Labute approximate surface area is 97.2 Å². The number of hydrogen-bond acceptors (Lipinski definition) is 2. The fourth-order valence-electron chi connectivity index (χ4n) is 0.975. The topological polar surface area (TPSA) is 50.2 Å². The monoisotopic (exact) mass is 299 g/mol. The first-order valence-corrected chi connectivity index (χ1v) is 5.24. The molecule has 1 heterocycles. The van der Waals surface area contributed by atoms with E-state index in [1.807, 2.05) is 0 Å². The molecule has 0 amide bonds. The summed E-state index contributed by atoms with van der Waals surface area (Å²) in [7, 11) is 0. The lowest BCUT2D eigenvalue weighted by Crippen LogP contribution is -2.08. The molecule has 0 saturated heterocycles. The molecule has 0 aliphatic carbocycles. The van der Waals surface area contributed by atoms with Crippen LogP contribution in [0, 0.1) is 0 Å². The van der Waals surface area contributed by atoms with Crippen molar-refractivity contribution < 1.29 is 18.7 Å². The van der Waals surface area contributed by atoms with E-state index in [9.17, 15) is 13.6 Å². The van der Waals surface area contributed by atoms with E-state index in [1.165, 1.54) is 0 Å². The van der Waals surface area contributed by atoms with Gasteiger partial charge < -0.3 is 5.11 Å². The van der Waals surface area contributed by atoms with Crippen LogP contribution in [-0.4, -0.2) is 16.1 Å². The van der Waals surface area contributed by atoms with Crippen LogP contribution in [0.25, 0.3) is 0 Å². The van der Waals surface area contributed by atoms with Gasteiger partial charge in [-0.05, 0) is 6.07 Å². The van der Waals surface area contributed by atoms with Crippen LogP contribution < -0.4 is 0 Å². The largest absolute Gasteiger partial charge is 0.477 e. The maximum absolute atomic E-state index is 12.3. The van der Waals surface area contributed by atoms with Gasteiger partial charge in [-0.25, -0.2) is 18.6 Å². The van der Waals surface area contributed by atoms with Crippen molar-refractivity contribution in [3.63, 3.8) is 0 Å². The molecule has 0 radical (unpaired) electrons. The fraction of sp³-hybridized carbons (Fsp3) is 0.250. The van der Waals surface area contributed by atoms with Gasteiger partial charge in [0.05, 0.1) is 0 Å². The average Bonchev–Trinajstić information content (AvgIpc) is 2.16. The van der Waals surface area contributed by atoms with Crippen molar-refractivity contribution in [3.05, 3.63) is 28.0 Å². The molecule has 7 heteroatoms. The molecule has 0 bridgehead atoms. The van der Waals surface area contributed by atoms with Crippen molar-refractivity contribution >= 4 is 33.5 Å². The Balaban J connectivity index is 3.38. The molecule has 82 valence electrons. The van der Waals surface area contributed by atoms with Crippen molar-refractivity contribution in [1.29, 1.82) is 0 Å². The number of carboxylic acids is 1. The number of nitrogens with zero attached hydrogens (tertiary/aromatic N) is 1. The van der Waals surface area contributed by atoms with Crippen LogP contribution in [0.2, 0.25) is 5.02 Å². The number of carboxylic acid groups (broad SMARTS) is 1. The van der Waals surface area contributed by atoms with Gasteiger partial charge in [-0.1, -0.05) is 27.5 Å². The van der Waals surface area contributed by atoms with Gasteiger partial charge in [-0.15, -0.1) is 0 Å². The Hall–Kier alpha value is -0.750. The minimum absolute atomic E-state index is 0.0328. The molecular formula is C8H5BrClF2NO2. The lowest BCUT2D eigenvalue weighted by molar-refractivity contribution is 0.0687. The predicted molar refractivity (Wildman–Crippen MR) is 53.8 cm³/mol. The SMILES string of the molecule is O=C(O)c1nc(C(F)F)cc(Cl)c1CBr. The molecule has 0 unspecified atom stereocenters. The summed E-state index contributed by atoms with van der Waals surface area (Å²) in [6.45, 7) is 0. The average molecular weight is 300 g/mol. The first-order valence-electron chi connectivity index (χ1n) is 3.74. The van der Waals surface area contributed by atoms with E-state index in [0.717, 1.165) is 6.07 Å². The molecule has 3 nitrogen and oxygen atoms in total. The third kappa shape index (κ3) is 2.63. The van der Waals surface area contributed by atoms with Crippen LogP contribution in [0.3, 0.4) is 0 Å². The molecule has 0 saturated carbocycles. The fourth-order valence-corrected chi connectivity index (χ4v) is 1.97. The van der Waals surface area contributed by atoms with Gasteiger partial charge in [-0.3, -0.25) is 0 Å². The zero-order valence-electron chi connectivity index (χ0n) is 7.18. The van der Waals surface area contributed by atoms with E-state index >= 15 is 0 Å². The van der Waals surface area contributed by atoms with Crippen molar-refractivity contribution in [2.45, 2.75) is 11.8 Å². The lowest BCUT2D eigenvalue weighted by Gasteiger charge is -2.07. The van der Waals surface area contributed by atoms with E-state index in [4.69, 9.17) is 16.7 Å². The molecular weight excluding hydrogens is 295 g/mol. The standard InChI is InChI=1S/C8H5BrClF2NO2/c9-2-3-4(10)1-5(7(11)12)13-6(3)8(14)15/h1,7H,2H2,(H,14,15). The number of halogens is 4. The number of rotatable bonds is 3. The smallest absolute Gasteiger partial charge is 0.354 e. The number of hydrogen-bond donors (Lipinski definition) is 1. The number of carbonyl (C=O) groups is 1. The van der Waals surface area contributed by atoms with Crippen LogP contribution in [0.5, 0.6) is 0 Å². The van der Waals surface area contributed by atoms with Gasteiger partial charge in [-0.2, -0.15) is 0 Å². The summed E-state index contributed by atoms with van der Waals surface area (Å²) in [4.78, 5) is 14.1. The summed E-state index contributed by atoms with van der Waals surface area (Å²) in [5, 5.41) is 8.85. The van der Waals surface area contributed by atoms with Crippen LogP contribution in [0.1, 0.15) is 28.2 Å². The molecule has 0 fully saturated rings. The van der Waals surface area contributed by atoms with Gasteiger partial charge in [0.2, 0.25) is 0 Å². The maximum atomic E-state index is 12.3. The van der Waals surface area contributed by atoms with E-state index in [-0.39, 0.29) is 15.9 Å². The van der Waals surface area contributed by atoms with Crippen LogP contribution in [-0.2, 0) is 5.33 Å². The molecule has 0 atom stereocenters. The molecule has 1 aromatic rings. The minimum Gasteiger partial charge on any atom is -0.477 e. The Morgan fingerprint density at radius 3 is 2.67 bits per heavy atom. The highest BCUT2D eigenvalue weighted by Crippen LogP contribution is 2.27. The lowest BCUT2D eigenvalue weighted by atomic mass is 10.2. The Bertz CT molecular complexity index is 400. The molecule has 0 aliphatic rings. The first-order chi connectivity index (χ1) is 6.97. The summed E-state index contributed by atoms with van der Waals surface area (Å²) in [5.41, 5.74) is -0.898. The third-order valence-electron chi connectivity index (χ3n) is 1.65. The summed E-state index contributed by atoms with van der Waals surface area (Å²) in [6, 6.07) is 0.968. The Kier molecular flexibility index (Phi) is 3.98. The zero-order valence-corrected chi connectivity index (χ0v) is 9.52. The molecule has 1 rings (SSSR count). The summed E-state index contributed by atoms with van der Waals surface area (Å²) in [5.74, 6) is -1.38. The zero-order chi connectivity index (χ0) is 11.6. The van der Waals surface area contributed by atoms with Crippen LogP contribution in [0.4, 0.5) is 8.78 Å². The molecule has 0 spiro atoms. The van der Waals surface area contributed by atoms with Gasteiger partial charge >= 0.3 is 5.97 Å². The first kappa shape index (κ1) is 12.3.